The van der Waals surface area contributed by atoms with Crippen molar-refractivity contribution in [3.05, 3.63) is 89.5 Å². The van der Waals surface area contributed by atoms with E-state index in [9.17, 15) is 18.0 Å². The Kier molecular flexibility index (Phi) is 6.83. The van der Waals surface area contributed by atoms with E-state index in [2.05, 4.69) is 21.6 Å². The van der Waals surface area contributed by atoms with Gasteiger partial charge in [0.05, 0.1) is 17.1 Å². The van der Waals surface area contributed by atoms with Crippen LogP contribution in [-0.2, 0) is 21.2 Å². The average Bonchev–Trinajstić information content (AvgIpc) is 2.84. The maximum atomic E-state index is 12.7. The number of amides is 2. The van der Waals surface area contributed by atoms with E-state index in [4.69, 9.17) is 0 Å². The quantitative estimate of drug-likeness (QED) is 0.472. The summed E-state index contributed by atoms with van der Waals surface area (Å²) in [5, 5.41) is 0. The Labute approximate surface area is 199 Å². The number of hydrazine groups is 1. The van der Waals surface area contributed by atoms with Gasteiger partial charge in [0.2, 0.25) is 0 Å². The minimum absolute atomic E-state index is 0.0279. The van der Waals surface area contributed by atoms with Crippen LogP contribution in [0, 0.1) is 6.92 Å². The molecule has 0 aromatic heterocycles. The highest BCUT2D eigenvalue weighted by Gasteiger charge is 2.19. The van der Waals surface area contributed by atoms with Crippen LogP contribution >= 0.6 is 0 Å². The predicted molar refractivity (Wildman–Crippen MR) is 131 cm³/mol. The molecule has 34 heavy (non-hydrogen) atoms. The Morgan fingerprint density at radius 1 is 0.912 bits per heavy atom. The number of sulfonamides is 1. The summed E-state index contributed by atoms with van der Waals surface area (Å²) in [5.41, 5.74) is 8.57. The fraction of sp³-hybridized carbons (Fsp3) is 0.200. The van der Waals surface area contributed by atoms with Gasteiger partial charge in [0, 0.05) is 17.8 Å². The van der Waals surface area contributed by atoms with E-state index in [0.717, 1.165) is 30.6 Å². The van der Waals surface area contributed by atoms with Crippen LogP contribution in [0.1, 0.15) is 27.9 Å². The summed E-state index contributed by atoms with van der Waals surface area (Å²) in [6.45, 7) is 2.70. The Bertz CT molecular complexity index is 1310. The number of aryl methyl sites for hydroxylation is 2. The van der Waals surface area contributed by atoms with Gasteiger partial charge in [-0.2, -0.15) is 0 Å². The fourth-order valence-electron chi connectivity index (χ4n) is 3.86. The lowest BCUT2D eigenvalue weighted by Crippen LogP contribution is -2.47. The van der Waals surface area contributed by atoms with Gasteiger partial charge in [0.25, 0.3) is 21.8 Å². The highest BCUT2D eigenvalue weighted by atomic mass is 32.2. The molecule has 9 heteroatoms. The molecule has 0 saturated heterocycles. The molecule has 0 atom stereocenters. The molecule has 1 aliphatic rings. The first-order valence-corrected chi connectivity index (χ1v) is 12.4. The lowest BCUT2D eigenvalue weighted by atomic mass is 10.0. The number of nitrogens with one attached hydrogen (secondary N) is 3. The number of para-hydroxylation sites is 2. The first kappa shape index (κ1) is 23.3. The van der Waals surface area contributed by atoms with Crippen LogP contribution in [-0.4, -0.2) is 33.3 Å². The second kappa shape index (κ2) is 9.96. The average molecular weight is 479 g/mol. The van der Waals surface area contributed by atoms with Crippen LogP contribution in [0.15, 0.2) is 77.7 Å². The van der Waals surface area contributed by atoms with Gasteiger partial charge in [0.1, 0.15) is 0 Å². The molecule has 3 aromatic rings. The summed E-state index contributed by atoms with van der Waals surface area (Å²) >= 11 is 0. The lowest BCUT2D eigenvalue weighted by Gasteiger charge is -2.30. The third-order valence-electron chi connectivity index (χ3n) is 5.67. The Morgan fingerprint density at radius 2 is 1.62 bits per heavy atom. The minimum atomic E-state index is -3.80. The van der Waals surface area contributed by atoms with Gasteiger partial charge in [-0.1, -0.05) is 36.4 Å². The van der Waals surface area contributed by atoms with E-state index in [1.165, 1.54) is 29.8 Å². The lowest BCUT2D eigenvalue weighted by molar-refractivity contribution is -0.120. The van der Waals surface area contributed by atoms with E-state index < -0.39 is 15.9 Å². The molecule has 3 aromatic carbocycles. The molecule has 176 valence electrons. The number of benzene rings is 3. The summed E-state index contributed by atoms with van der Waals surface area (Å²) in [6, 6.07) is 20.5. The van der Waals surface area contributed by atoms with Crippen LogP contribution in [0.2, 0.25) is 0 Å². The van der Waals surface area contributed by atoms with Gasteiger partial charge in [-0.3, -0.25) is 25.2 Å². The third-order valence-corrected chi connectivity index (χ3v) is 7.05. The van der Waals surface area contributed by atoms with Crippen molar-refractivity contribution in [2.24, 2.45) is 0 Å². The van der Waals surface area contributed by atoms with Crippen molar-refractivity contribution >= 4 is 33.2 Å². The molecule has 4 rings (SSSR count). The monoisotopic (exact) mass is 478 g/mol. The standard InChI is InChI=1S/C25H26N4O4S/c1-18-7-2-4-10-22(18)28-34(32,33)21-14-12-20(13-15-21)25(31)27-26-24(30)17-29-16-6-9-19-8-3-5-11-23(19)29/h2-5,7-8,10-15,28H,6,9,16-17H2,1H3,(H,26,30)(H,27,31). The van der Waals surface area contributed by atoms with Crippen molar-refractivity contribution in [2.75, 3.05) is 22.7 Å². The van der Waals surface area contributed by atoms with Crippen molar-refractivity contribution in [1.29, 1.82) is 0 Å². The van der Waals surface area contributed by atoms with E-state index >= 15 is 0 Å². The highest BCUT2D eigenvalue weighted by molar-refractivity contribution is 7.92. The van der Waals surface area contributed by atoms with Crippen LogP contribution in [0.4, 0.5) is 11.4 Å². The molecule has 1 heterocycles. The smallest absolute Gasteiger partial charge is 0.269 e. The second-order valence-corrected chi connectivity index (χ2v) is 9.78. The molecule has 0 saturated carbocycles. The molecule has 8 nitrogen and oxygen atoms in total. The number of fused-ring (bicyclic) bond motifs is 1. The van der Waals surface area contributed by atoms with E-state index in [1.807, 2.05) is 42.2 Å². The maximum absolute atomic E-state index is 12.7. The molecule has 0 bridgehead atoms. The normalized spacial score (nSPS) is 13.0. The summed E-state index contributed by atoms with van der Waals surface area (Å²) in [6.07, 6.45) is 1.95. The van der Waals surface area contributed by atoms with Crippen molar-refractivity contribution in [2.45, 2.75) is 24.7 Å². The maximum Gasteiger partial charge on any atom is 0.269 e. The SMILES string of the molecule is Cc1ccccc1NS(=O)(=O)c1ccc(C(=O)NNC(=O)CN2CCCc3ccccc32)cc1. The van der Waals surface area contributed by atoms with Crippen molar-refractivity contribution in [3.8, 4) is 0 Å². The summed E-state index contributed by atoms with van der Waals surface area (Å²) < 4.78 is 27.9. The zero-order valence-corrected chi connectivity index (χ0v) is 19.6. The molecular formula is C25H26N4O4S. The molecule has 2 amide bonds. The predicted octanol–water partition coefficient (Wildman–Crippen LogP) is 3.01. The third kappa shape index (κ3) is 5.37. The Morgan fingerprint density at radius 3 is 2.38 bits per heavy atom. The molecular weight excluding hydrogens is 452 g/mol. The van der Waals surface area contributed by atoms with Crippen LogP contribution in [0.3, 0.4) is 0 Å². The van der Waals surface area contributed by atoms with Gasteiger partial charge in [-0.05, 0) is 67.3 Å². The van der Waals surface area contributed by atoms with Crippen molar-refractivity contribution in [3.63, 3.8) is 0 Å². The molecule has 0 aliphatic carbocycles. The number of rotatable bonds is 6. The molecule has 0 radical (unpaired) electrons. The summed E-state index contributed by atoms with van der Waals surface area (Å²) in [7, 11) is -3.80. The largest absolute Gasteiger partial charge is 0.362 e. The van der Waals surface area contributed by atoms with Gasteiger partial charge in [-0.15, -0.1) is 0 Å². The zero-order chi connectivity index (χ0) is 24.1. The number of hydrogen-bond donors (Lipinski definition) is 3. The molecule has 1 aliphatic heterocycles. The molecule has 3 N–H and O–H groups in total. The van der Waals surface area contributed by atoms with Crippen LogP contribution < -0.4 is 20.5 Å². The van der Waals surface area contributed by atoms with Gasteiger partial charge < -0.3 is 4.90 Å². The second-order valence-electron chi connectivity index (χ2n) is 8.10. The number of nitrogens with zero attached hydrogens (tertiary/aromatic N) is 1. The zero-order valence-electron chi connectivity index (χ0n) is 18.7. The van der Waals surface area contributed by atoms with E-state index in [-0.39, 0.29) is 22.9 Å². The number of carbonyl (C=O) groups is 2. The van der Waals surface area contributed by atoms with Crippen LogP contribution in [0.5, 0.6) is 0 Å². The van der Waals surface area contributed by atoms with Gasteiger partial charge in [-0.25, -0.2) is 8.42 Å². The minimum Gasteiger partial charge on any atom is -0.362 e. The van der Waals surface area contributed by atoms with Crippen LogP contribution in [0.25, 0.3) is 0 Å². The van der Waals surface area contributed by atoms with E-state index in [0.29, 0.717) is 5.69 Å². The summed E-state index contributed by atoms with van der Waals surface area (Å²) in [5.74, 6) is -0.880. The molecule has 0 spiro atoms. The molecule has 0 unspecified atom stereocenters. The van der Waals surface area contributed by atoms with Gasteiger partial charge in [0.15, 0.2) is 0 Å². The Hall–Kier alpha value is -3.85. The Balaban J connectivity index is 1.33. The number of hydrogen-bond acceptors (Lipinski definition) is 5. The number of anilines is 2. The van der Waals surface area contributed by atoms with E-state index in [1.54, 1.807) is 12.1 Å². The van der Waals surface area contributed by atoms with Gasteiger partial charge >= 0.3 is 0 Å². The van der Waals surface area contributed by atoms with Crippen molar-refractivity contribution < 1.29 is 18.0 Å². The molecule has 0 fully saturated rings. The first-order chi connectivity index (χ1) is 16.3. The topological polar surface area (TPSA) is 108 Å². The fourth-order valence-corrected chi connectivity index (χ4v) is 4.99. The first-order valence-electron chi connectivity index (χ1n) is 10.9. The summed E-state index contributed by atoms with van der Waals surface area (Å²) in [4.78, 5) is 26.8. The van der Waals surface area contributed by atoms with Crippen molar-refractivity contribution in [1.82, 2.24) is 10.9 Å². The highest BCUT2D eigenvalue weighted by Crippen LogP contribution is 2.26. The number of carbonyl (C=O) groups excluding carboxylic acids is 2.